The van der Waals surface area contributed by atoms with E-state index in [2.05, 4.69) is 23.9 Å². The van der Waals surface area contributed by atoms with Crippen molar-refractivity contribution in [1.82, 2.24) is 10.1 Å². The van der Waals surface area contributed by atoms with Crippen molar-refractivity contribution in [2.75, 3.05) is 13.1 Å². The van der Waals surface area contributed by atoms with Gasteiger partial charge in [0.15, 0.2) is 5.76 Å². The van der Waals surface area contributed by atoms with Gasteiger partial charge in [-0.3, -0.25) is 0 Å². The zero-order chi connectivity index (χ0) is 11.7. The van der Waals surface area contributed by atoms with E-state index >= 15 is 0 Å². The molecule has 0 aromatic carbocycles. The van der Waals surface area contributed by atoms with E-state index in [0.29, 0.717) is 11.8 Å². The van der Waals surface area contributed by atoms with E-state index in [0.717, 1.165) is 19.5 Å². The first kappa shape index (κ1) is 11.1. The van der Waals surface area contributed by atoms with E-state index in [4.69, 9.17) is 9.63 Å². The highest BCUT2D eigenvalue weighted by atomic mass is 16.5. The Bertz CT molecular complexity index is 386. The second-order valence-electron chi connectivity index (χ2n) is 4.48. The van der Waals surface area contributed by atoms with Crippen molar-refractivity contribution in [3.63, 3.8) is 0 Å². The van der Waals surface area contributed by atoms with Gasteiger partial charge in [0.1, 0.15) is 5.56 Å². The number of aromatic carboxylic acids is 1. The Morgan fingerprint density at radius 3 is 3.00 bits per heavy atom. The second kappa shape index (κ2) is 4.25. The van der Waals surface area contributed by atoms with E-state index in [1.807, 2.05) is 0 Å². The molecule has 16 heavy (non-hydrogen) atoms. The summed E-state index contributed by atoms with van der Waals surface area (Å²) in [7, 11) is 0. The molecule has 2 heterocycles. The molecule has 1 unspecified atom stereocenters. The Balaban J connectivity index is 2.14. The quantitative estimate of drug-likeness (QED) is 0.844. The van der Waals surface area contributed by atoms with Crippen molar-refractivity contribution < 1.29 is 14.4 Å². The standard InChI is InChI=1S/C11H16N2O3/c1-7(2)13-4-3-8(6-13)10-9(11(14)15)5-12-16-10/h5,7-8H,3-4,6H2,1-2H3,(H,14,15). The minimum absolute atomic E-state index is 0.163. The summed E-state index contributed by atoms with van der Waals surface area (Å²) >= 11 is 0. The molecule has 1 saturated heterocycles. The van der Waals surface area contributed by atoms with Gasteiger partial charge in [-0.2, -0.15) is 0 Å². The molecule has 0 spiro atoms. The zero-order valence-electron chi connectivity index (χ0n) is 9.51. The molecule has 1 atom stereocenters. The van der Waals surface area contributed by atoms with Gasteiger partial charge in [-0.1, -0.05) is 5.16 Å². The topological polar surface area (TPSA) is 66.6 Å². The van der Waals surface area contributed by atoms with Crippen molar-refractivity contribution >= 4 is 5.97 Å². The number of carboxylic acids is 1. The van der Waals surface area contributed by atoms with Crippen LogP contribution < -0.4 is 0 Å². The van der Waals surface area contributed by atoms with E-state index in [1.165, 1.54) is 6.20 Å². The van der Waals surface area contributed by atoms with Gasteiger partial charge in [-0.15, -0.1) is 0 Å². The molecule has 0 aliphatic carbocycles. The molecular weight excluding hydrogens is 208 g/mol. The minimum atomic E-state index is -0.959. The third-order valence-corrected chi connectivity index (χ3v) is 3.15. The Hall–Kier alpha value is -1.36. The predicted octanol–water partition coefficient (Wildman–Crippen LogP) is 1.57. The van der Waals surface area contributed by atoms with Crippen LogP contribution in [0.4, 0.5) is 0 Å². The first-order valence-corrected chi connectivity index (χ1v) is 5.51. The summed E-state index contributed by atoms with van der Waals surface area (Å²) in [6.07, 6.45) is 2.23. The Labute approximate surface area is 94.0 Å². The maximum absolute atomic E-state index is 10.9. The fourth-order valence-corrected chi connectivity index (χ4v) is 2.17. The van der Waals surface area contributed by atoms with Crippen LogP contribution >= 0.6 is 0 Å². The van der Waals surface area contributed by atoms with E-state index in [-0.39, 0.29) is 11.5 Å². The summed E-state index contributed by atoms with van der Waals surface area (Å²) in [5.74, 6) is -0.272. The highest BCUT2D eigenvalue weighted by Gasteiger charge is 2.31. The summed E-state index contributed by atoms with van der Waals surface area (Å²) in [4.78, 5) is 13.3. The van der Waals surface area contributed by atoms with Crippen LogP contribution in [0.3, 0.4) is 0 Å². The molecule has 5 nitrogen and oxygen atoms in total. The van der Waals surface area contributed by atoms with Crippen molar-refractivity contribution in [3.05, 3.63) is 17.5 Å². The molecule has 0 saturated carbocycles. The SMILES string of the molecule is CC(C)N1CCC(c2oncc2C(=O)O)C1. The van der Waals surface area contributed by atoms with Gasteiger partial charge in [0.25, 0.3) is 0 Å². The number of carbonyl (C=O) groups is 1. The molecule has 2 rings (SSSR count). The molecule has 0 amide bonds. The van der Waals surface area contributed by atoms with Gasteiger partial charge in [-0.05, 0) is 26.8 Å². The summed E-state index contributed by atoms with van der Waals surface area (Å²) in [6, 6.07) is 0.487. The number of nitrogens with zero attached hydrogens (tertiary/aromatic N) is 2. The molecule has 1 aliphatic rings. The van der Waals surface area contributed by atoms with Gasteiger partial charge >= 0.3 is 5.97 Å². The van der Waals surface area contributed by atoms with Crippen LogP contribution in [0, 0.1) is 0 Å². The molecule has 0 radical (unpaired) electrons. The van der Waals surface area contributed by atoms with Crippen molar-refractivity contribution in [2.24, 2.45) is 0 Å². The van der Waals surface area contributed by atoms with Gasteiger partial charge in [-0.25, -0.2) is 4.79 Å². The van der Waals surface area contributed by atoms with Crippen LogP contribution in [-0.4, -0.2) is 40.3 Å². The van der Waals surface area contributed by atoms with Crippen LogP contribution in [0.2, 0.25) is 0 Å². The normalized spacial score (nSPS) is 21.8. The molecule has 1 fully saturated rings. The molecule has 5 heteroatoms. The summed E-state index contributed by atoms with van der Waals surface area (Å²) in [6.45, 7) is 6.12. The summed E-state index contributed by atoms with van der Waals surface area (Å²) in [5, 5.41) is 12.6. The van der Waals surface area contributed by atoms with Gasteiger partial charge in [0.05, 0.1) is 6.20 Å². The maximum Gasteiger partial charge on any atom is 0.340 e. The molecule has 1 aliphatic heterocycles. The lowest BCUT2D eigenvalue weighted by molar-refractivity contribution is 0.0693. The minimum Gasteiger partial charge on any atom is -0.478 e. The number of likely N-dealkylation sites (tertiary alicyclic amines) is 1. The van der Waals surface area contributed by atoms with Crippen LogP contribution in [0.5, 0.6) is 0 Å². The zero-order valence-corrected chi connectivity index (χ0v) is 9.51. The first-order chi connectivity index (χ1) is 7.59. The largest absolute Gasteiger partial charge is 0.478 e. The number of hydrogen-bond donors (Lipinski definition) is 1. The monoisotopic (exact) mass is 224 g/mol. The lowest BCUT2D eigenvalue weighted by Gasteiger charge is -2.19. The maximum atomic E-state index is 10.9. The average Bonchev–Trinajstić information content (AvgIpc) is 2.86. The Kier molecular flexibility index (Phi) is 2.96. The first-order valence-electron chi connectivity index (χ1n) is 5.51. The highest BCUT2D eigenvalue weighted by Crippen LogP contribution is 2.30. The molecule has 1 N–H and O–H groups in total. The molecular formula is C11H16N2O3. The number of hydrogen-bond acceptors (Lipinski definition) is 4. The predicted molar refractivity (Wildman–Crippen MR) is 57.5 cm³/mol. The second-order valence-corrected chi connectivity index (χ2v) is 4.48. The average molecular weight is 224 g/mol. The lowest BCUT2D eigenvalue weighted by atomic mass is 10.0. The Morgan fingerprint density at radius 2 is 2.44 bits per heavy atom. The van der Waals surface area contributed by atoms with Crippen molar-refractivity contribution in [1.29, 1.82) is 0 Å². The van der Waals surface area contributed by atoms with Gasteiger partial charge < -0.3 is 14.5 Å². The van der Waals surface area contributed by atoms with E-state index in [1.54, 1.807) is 0 Å². The van der Waals surface area contributed by atoms with Gasteiger partial charge in [0, 0.05) is 18.5 Å². The summed E-state index contributed by atoms with van der Waals surface area (Å²) < 4.78 is 5.08. The number of aromatic nitrogens is 1. The highest BCUT2D eigenvalue weighted by molar-refractivity contribution is 5.88. The number of rotatable bonds is 3. The third-order valence-electron chi connectivity index (χ3n) is 3.15. The summed E-state index contributed by atoms with van der Waals surface area (Å²) in [5.41, 5.74) is 0.204. The fourth-order valence-electron chi connectivity index (χ4n) is 2.17. The van der Waals surface area contributed by atoms with Crippen LogP contribution in [0.15, 0.2) is 10.7 Å². The van der Waals surface area contributed by atoms with E-state index in [9.17, 15) is 4.79 Å². The lowest BCUT2D eigenvalue weighted by Crippen LogP contribution is -2.28. The third kappa shape index (κ3) is 1.95. The van der Waals surface area contributed by atoms with Crippen LogP contribution in [0.1, 0.15) is 42.3 Å². The van der Waals surface area contributed by atoms with Gasteiger partial charge in [0.2, 0.25) is 0 Å². The van der Waals surface area contributed by atoms with E-state index < -0.39 is 5.97 Å². The fraction of sp³-hybridized carbons (Fsp3) is 0.636. The van der Waals surface area contributed by atoms with Crippen LogP contribution in [-0.2, 0) is 0 Å². The molecule has 1 aromatic heterocycles. The van der Waals surface area contributed by atoms with Crippen LogP contribution in [0.25, 0.3) is 0 Å². The van der Waals surface area contributed by atoms with Crippen molar-refractivity contribution in [2.45, 2.75) is 32.2 Å². The number of carboxylic acid groups (broad SMARTS) is 1. The molecule has 88 valence electrons. The molecule has 0 bridgehead atoms. The van der Waals surface area contributed by atoms with Crippen molar-refractivity contribution in [3.8, 4) is 0 Å². The Morgan fingerprint density at radius 1 is 1.69 bits per heavy atom. The smallest absolute Gasteiger partial charge is 0.340 e. The molecule has 1 aromatic rings.